The number of aromatic nitrogens is 1. The van der Waals surface area contributed by atoms with Crippen LogP contribution in [0.15, 0.2) is 165 Å². The second-order valence-corrected chi connectivity index (χ2v) is 12.0. The van der Waals surface area contributed by atoms with Crippen LogP contribution in [0.4, 0.5) is 0 Å². The van der Waals surface area contributed by atoms with E-state index in [0.717, 1.165) is 77.7 Å². The second-order valence-electron chi connectivity index (χ2n) is 12.0. The molecule has 1 aliphatic rings. The molecule has 1 aliphatic heterocycles. The zero-order chi connectivity index (χ0) is 31.6. The molecule has 9 aromatic rings. The van der Waals surface area contributed by atoms with E-state index < -0.39 is 0 Å². The molecule has 0 fully saturated rings. The Hall–Kier alpha value is -6.53. The van der Waals surface area contributed by atoms with Gasteiger partial charge in [0.1, 0.15) is 34.4 Å². The number of amidine groups is 2. The molecule has 1 unspecified atom stereocenters. The van der Waals surface area contributed by atoms with E-state index in [9.17, 15) is 0 Å². The van der Waals surface area contributed by atoms with Crippen molar-refractivity contribution < 1.29 is 8.83 Å². The molecule has 0 aliphatic carbocycles. The summed E-state index contributed by atoms with van der Waals surface area (Å²) < 4.78 is 12.9. The minimum atomic E-state index is -0.338. The molecule has 0 bridgehead atoms. The summed E-state index contributed by atoms with van der Waals surface area (Å²) in [6, 6.07) is 47.4. The highest BCUT2D eigenvalue weighted by molar-refractivity contribution is 6.23. The summed E-state index contributed by atoms with van der Waals surface area (Å²) in [7, 11) is 0. The highest BCUT2D eigenvalue weighted by Gasteiger charge is 2.25. The van der Waals surface area contributed by atoms with E-state index in [0.29, 0.717) is 5.84 Å². The maximum atomic E-state index is 6.67. The van der Waals surface area contributed by atoms with Crippen LogP contribution in [0.5, 0.6) is 0 Å². The van der Waals surface area contributed by atoms with Gasteiger partial charge in [0.25, 0.3) is 0 Å². The minimum Gasteiger partial charge on any atom is -0.456 e. The van der Waals surface area contributed by atoms with Gasteiger partial charge in [-0.05, 0) is 46.7 Å². The van der Waals surface area contributed by atoms with Crippen molar-refractivity contribution in [2.75, 3.05) is 0 Å². The van der Waals surface area contributed by atoms with Crippen LogP contribution in [0, 0.1) is 0 Å². The van der Waals surface area contributed by atoms with Gasteiger partial charge in [-0.3, -0.25) is 4.98 Å². The van der Waals surface area contributed by atoms with Gasteiger partial charge in [0.05, 0.1) is 0 Å². The Morgan fingerprint density at radius 1 is 0.562 bits per heavy atom. The van der Waals surface area contributed by atoms with Gasteiger partial charge >= 0.3 is 0 Å². The molecule has 6 heteroatoms. The van der Waals surface area contributed by atoms with Crippen LogP contribution in [-0.2, 0) is 0 Å². The molecule has 10 rings (SSSR count). The minimum absolute atomic E-state index is 0.338. The van der Waals surface area contributed by atoms with E-state index in [1.54, 1.807) is 0 Å². The van der Waals surface area contributed by atoms with Crippen molar-refractivity contribution in [3.63, 3.8) is 0 Å². The third-order valence-corrected chi connectivity index (χ3v) is 9.19. The van der Waals surface area contributed by atoms with E-state index in [4.69, 9.17) is 23.8 Å². The molecule has 6 nitrogen and oxygen atoms in total. The summed E-state index contributed by atoms with van der Waals surface area (Å²) >= 11 is 0. The lowest BCUT2D eigenvalue weighted by Gasteiger charge is -2.24. The lowest BCUT2D eigenvalue weighted by molar-refractivity contribution is 0.667. The first-order valence-electron chi connectivity index (χ1n) is 16.0. The number of rotatable bonds is 4. The Bertz CT molecular complexity index is 2770. The molecule has 0 saturated carbocycles. The van der Waals surface area contributed by atoms with Crippen LogP contribution in [0.25, 0.3) is 65.9 Å². The summed E-state index contributed by atoms with van der Waals surface area (Å²) in [5.41, 5.74) is 7.83. The summed E-state index contributed by atoms with van der Waals surface area (Å²) in [5.74, 6) is 1.41. The lowest BCUT2D eigenvalue weighted by Crippen LogP contribution is -2.33. The highest BCUT2D eigenvalue weighted by atomic mass is 16.3. The van der Waals surface area contributed by atoms with Gasteiger partial charge in [0.2, 0.25) is 0 Å². The van der Waals surface area contributed by atoms with Crippen LogP contribution in [0.2, 0.25) is 0 Å². The number of hydrogen-bond acceptors (Lipinski definition) is 6. The zero-order valence-corrected chi connectivity index (χ0v) is 25.6. The van der Waals surface area contributed by atoms with Gasteiger partial charge in [-0.25, -0.2) is 9.98 Å². The molecule has 0 radical (unpaired) electrons. The summed E-state index contributed by atoms with van der Waals surface area (Å²) in [4.78, 5) is 15.1. The fourth-order valence-electron chi connectivity index (χ4n) is 6.96. The molecule has 1 N–H and O–H groups in total. The monoisotopic (exact) mass is 618 g/mol. The molecule has 4 heterocycles. The Labute approximate surface area is 274 Å². The summed E-state index contributed by atoms with van der Waals surface area (Å²) in [5, 5.41) is 10.0. The average molecular weight is 619 g/mol. The smallest absolute Gasteiger partial charge is 0.161 e. The molecule has 226 valence electrons. The quantitative estimate of drug-likeness (QED) is 0.213. The average Bonchev–Trinajstić information content (AvgIpc) is 3.74. The third kappa shape index (κ3) is 4.16. The first kappa shape index (κ1) is 26.7. The van der Waals surface area contributed by atoms with Crippen molar-refractivity contribution in [3.05, 3.63) is 162 Å². The first-order valence-corrected chi connectivity index (χ1v) is 16.0. The molecular formula is C42H26N4O2. The van der Waals surface area contributed by atoms with Crippen molar-refractivity contribution in [3.8, 4) is 11.3 Å². The molecule has 0 saturated heterocycles. The lowest BCUT2D eigenvalue weighted by atomic mass is 10.00. The molecule has 48 heavy (non-hydrogen) atoms. The van der Waals surface area contributed by atoms with Crippen LogP contribution >= 0.6 is 0 Å². The maximum Gasteiger partial charge on any atom is 0.161 e. The fraction of sp³-hybridized carbons (Fsp3) is 0.0238. The van der Waals surface area contributed by atoms with Gasteiger partial charge in [-0.1, -0.05) is 109 Å². The summed E-state index contributed by atoms with van der Waals surface area (Å²) in [6.45, 7) is 0. The van der Waals surface area contributed by atoms with Crippen LogP contribution in [0.3, 0.4) is 0 Å². The van der Waals surface area contributed by atoms with Gasteiger partial charge < -0.3 is 14.2 Å². The summed E-state index contributed by atoms with van der Waals surface area (Å²) in [6.07, 6.45) is 1.52. The second kappa shape index (κ2) is 10.5. The van der Waals surface area contributed by atoms with E-state index in [1.807, 2.05) is 72.9 Å². The molecule has 1 atom stereocenters. The van der Waals surface area contributed by atoms with Crippen LogP contribution < -0.4 is 5.32 Å². The van der Waals surface area contributed by atoms with E-state index in [1.165, 1.54) is 10.8 Å². The number of aliphatic imine (C=N–C) groups is 2. The number of nitrogens with zero attached hydrogens (tertiary/aromatic N) is 3. The van der Waals surface area contributed by atoms with Crippen LogP contribution in [-0.4, -0.2) is 16.7 Å². The van der Waals surface area contributed by atoms with Gasteiger partial charge in [0.15, 0.2) is 11.4 Å². The van der Waals surface area contributed by atoms with E-state index >= 15 is 0 Å². The fourth-order valence-corrected chi connectivity index (χ4v) is 6.96. The SMILES string of the molecule is c1ccc(C2=NC(c3ccc4ccccc4c3)NC(c3cccc4oc5c(-c6cccc7oc8ccccc8c67)nccc5c34)=N2)cc1. The van der Waals surface area contributed by atoms with Crippen molar-refractivity contribution in [2.24, 2.45) is 9.98 Å². The molecule has 0 spiro atoms. The normalized spacial score (nSPS) is 14.9. The number of nitrogens with one attached hydrogen (secondary N) is 1. The largest absolute Gasteiger partial charge is 0.456 e. The Kier molecular flexibility index (Phi) is 5.84. The standard InChI is InChI=1S/C42H26N4O2/c1-2-11-26(12-3-1)40-44-41(28-21-20-25-10-4-5-13-27(25)24-28)46-42(45-40)32-16-9-19-35-37(32)31-22-23-43-38(39(31)48-35)30-15-8-18-34-36(30)29-14-6-7-17-33(29)47-34/h1-24,41H,(H,44,45,46). The number of benzene rings is 6. The Morgan fingerprint density at radius 3 is 2.19 bits per heavy atom. The van der Waals surface area contributed by atoms with Crippen molar-refractivity contribution in [1.82, 2.24) is 10.3 Å². The predicted molar refractivity (Wildman–Crippen MR) is 194 cm³/mol. The Balaban J connectivity index is 1.17. The number of hydrogen-bond donors (Lipinski definition) is 1. The van der Waals surface area contributed by atoms with Crippen molar-refractivity contribution in [2.45, 2.75) is 6.17 Å². The van der Waals surface area contributed by atoms with Gasteiger partial charge in [-0.2, -0.15) is 0 Å². The topological polar surface area (TPSA) is 75.9 Å². The zero-order valence-electron chi connectivity index (χ0n) is 25.6. The predicted octanol–water partition coefficient (Wildman–Crippen LogP) is 10.2. The van der Waals surface area contributed by atoms with E-state index in [-0.39, 0.29) is 6.17 Å². The molecule has 6 aromatic carbocycles. The van der Waals surface area contributed by atoms with Crippen LogP contribution in [0.1, 0.15) is 22.9 Å². The number of fused-ring (bicyclic) bond motifs is 7. The van der Waals surface area contributed by atoms with Gasteiger partial charge in [0, 0.05) is 44.4 Å². The van der Waals surface area contributed by atoms with E-state index in [2.05, 4.69) is 78.1 Å². The number of furan rings is 2. The molecule has 3 aromatic heterocycles. The third-order valence-electron chi connectivity index (χ3n) is 9.19. The Morgan fingerprint density at radius 2 is 1.29 bits per heavy atom. The number of pyridine rings is 1. The maximum absolute atomic E-state index is 6.67. The number of para-hydroxylation sites is 1. The van der Waals surface area contributed by atoms with Crippen molar-refractivity contribution in [1.29, 1.82) is 0 Å². The molecule has 0 amide bonds. The first-order chi connectivity index (χ1) is 23.8. The van der Waals surface area contributed by atoms with Crippen molar-refractivity contribution >= 4 is 66.3 Å². The highest BCUT2D eigenvalue weighted by Crippen LogP contribution is 2.41. The molecular weight excluding hydrogens is 592 g/mol. The van der Waals surface area contributed by atoms with Gasteiger partial charge in [-0.15, -0.1) is 0 Å².